The Bertz CT molecular complexity index is 559. The third kappa shape index (κ3) is 3.38. The van der Waals surface area contributed by atoms with Crippen LogP contribution >= 0.6 is 0 Å². The van der Waals surface area contributed by atoms with E-state index in [-0.39, 0.29) is 11.5 Å². The molecule has 1 unspecified atom stereocenters. The molecule has 0 bridgehead atoms. The van der Waals surface area contributed by atoms with Gasteiger partial charge in [0.05, 0.1) is 11.5 Å². The fourth-order valence-corrected chi connectivity index (χ4v) is 3.94. The van der Waals surface area contributed by atoms with Crippen molar-refractivity contribution in [2.24, 2.45) is 5.92 Å². The van der Waals surface area contributed by atoms with E-state index in [0.29, 0.717) is 18.0 Å². The quantitative estimate of drug-likeness (QED) is 0.871. The molecule has 0 amide bonds. The van der Waals surface area contributed by atoms with Crippen LogP contribution < -0.4 is 0 Å². The first-order chi connectivity index (χ1) is 9.43. The predicted molar refractivity (Wildman–Crippen MR) is 77.8 cm³/mol. The summed E-state index contributed by atoms with van der Waals surface area (Å²) in [7, 11) is 0.206. The zero-order valence-electron chi connectivity index (χ0n) is 12.0. The molecule has 1 fully saturated rings. The minimum atomic E-state index is -3.47. The molecular formula is C14H22N2O3S. The van der Waals surface area contributed by atoms with E-state index in [0.717, 1.165) is 19.5 Å². The zero-order chi connectivity index (χ0) is 14.8. The lowest BCUT2D eigenvalue weighted by Gasteiger charge is -2.21. The highest BCUT2D eigenvalue weighted by Crippen LogP contribution is 2.20. The molecule has 1 aromatic carbocycles. The first-order valence-corrected chi connectivity index (χ1v) is 8.22. The van der Waals surface area contributed by atoms with Crippen molar-refractivity contribution < 1.29 is 13.5 Å². The van der Waals surface area contributed by atoms with Crippen molar-refractivity contribution in [1.82, 2.24) is 9.21 Å². The Kier molecular flexibility index (Phi) is 4.80. The first-order valence-electron chi connectivity index (χ1n) is 6.78. The highest BCUT2D eigenvalue weighted by atomic mass is 32.2. The second-order valence-electron chi connectivity index (χ2n) is 5.51. The largest absolute Gasteiger partial charge is 0.392 e. The van der Waals surface area contributed by atoms with Crippen molar-refractivity contribution in [3.05, 3.63) is 29.8 Å². The van der Waals surface area contributed by atoms with E-state index in [4.69, 9.17) is 5.11 Å². The molecule has 1 atom stereocenters. The number of aliphatic hydroxyl groups excluding tert-OH is 1. The molecule has 2 rings (SSSR count). The minimum absolute atomic E-state index is 0.152. The second kappa shape index (κ2) is 6.22. The Balaban J connectivity index is 2.12. The zero-order valence-corrected chi connectivity index (χ0v) is 12.8. The number of aliphatic hydroxyl groups is 1. The summed E-state index contributed by atoms with van der Waals surface area (Å²) in [5, 5.41) is 9.11. The summed E-state index contributed by atoms with van der Waals surface area (Å²) in [6.45, 7) is 2.35. The molecule has 1 N–H and O–H groups in total. The summed E-state index contributed by atoms with van der Waals surface area (Å²) in [4.78, 5) is 2.47. The maximum Gasteiger partial charge on any atom is 0.242 e. The van der Waals surface area contributed by atoms with E-state index in [1.54, 1.807) is 25.2 Å². The average Bonchev–Trinajstić information content (AvgIpc) is 2.84. The minimum Gasteiger partial charge on any atom is -0.392 e. The van der Waals surface area contributed by atoms with Crippen LogP contribution in [0.2, 0.25) is 0 Å². The predicted octanol–water partition coefficient (Wildman–Crippen LogP) is 0.751. The van der Waals surface area contributed by atoms with E-state index >= 15 is 0 Å². The monoisotopic (exact) mass is 298 g/mol. The van der Waals surface area contributed by atoms with Crippen LogP contribution in [0.3, 0.4) is 0 Å². The van der Waals surface area contributed by atoms with Gasteiger partial charge in [0.1, 0.15) is 0 Å². The fraction of sp³-hybridized carbons (Fsp3) is 0.571. The molecule has 0 radical (unpaired) electrons. The standard InChI is InChI=1S/C14H22N2O3S/c1-15-7-6-13(9-15)10-16(2)20(18,19)14-5-3-4-12(8-14)11-17/h3-5,8,13,17H,6-7,9-11H2,1-2H3. The molecular weight excluding hydrogens is 276 g/mol. The molecule has 0 saturated carbocycles. The van der Waals surface area contributed by atoms with Crippen LogP contribution in [0.5, 0.6) is 0 Å². The van der Waals surface area contributed by atoms with Gasteiger partial charge in [-0.1, -0.05) is 12.1 Å². The van der Waals surface area contributed by atoms with Gasteiger partial charge in [0.15, 0.2) is 0 Å². The molecule has 0 aliphatic carbocycles. The number of rotatable bonds is 5. The van der Waals surface area contributed by atoms with Gasteiger partial charge in [0, 0.05) is 20.1 Å². The first kappa shape index (κ1) is 15.4. The van der Waals surface area contributed by atoms with Crippen molar-refractivity contribution in [2.75, 3.05) is 33.7 Å². The van der Waals surface area contributed by atoms with E-state index in [2.05, 4.69) is 11.9 Å². The Morgan fingerprint density at radius 3 is 2.80 bits per heavy atom. The molecule has 0 spiro atoms. The van der Waals surface area contributed by atoms with Crippen LogP contribution in [0.15, 0.2) is 29.2 Å². The van der Waals surface area contributed by atoms with Crippen LogP contribution in [0.4, 0.5) is 0 Å². The summed E-state index contributed by atoms with van der Waals surface area (Å²) >= 11 is 0. The molecule has 6 heteroatoms. The smallest absolute Gasteiger partial charge is 0.242 e. The van der Waals surface area contributed by atoms with Gasteiger partial charge in [-0.15, -0.1) is 0 Å². The number of hydrogen-bond acceptors (Lipinski definition) is 4. The number of likely N-dealkylation sites (tertiary alicyclic amines) is 1. The lowest BCUT2D eigenvalue weighted by molar-refractivity contribution is 0.281. The average molecular weight is 298 g/mol. The molecule has 1 heterocycles. The van der Waals surface area contributed by atoms with Gasteiger partial charge in [-0.2, -0.15) is 0 Å². The Hall–Kier alpha value is -0.950. The Labute approximate surface area is 120 Å². The fourth-order valence-electron chi connectivity index (χ4n) is 2.62. The molecule has 0 aromatic heterocycles. The topological polar surface area (TPSA) is 60.9 Å². The summed E-state index contributed by atoms with van der Waals surface area (Å²) in [5.41, 5.74) is 0.611. The van der Waals surface area contributed by atoms with Crippen LogP contribution in [-0.4, -0.2) is 56.5 Å². The van der Waals surface area contributed by atoms with E-state index < -0.39 is 10.0 Å². The van der Waals surface area contributed by atoms with Gasteiger partial charge in [-0.3, -0.25) is 0 Å². The number of benzene rings is 1. The SMILES string of the molecule is CN1CCC(CN(C)S(=O)(=O)c2cccc(CO)c2)C1. The van der Waals surface area contributed by atoms with Crippen molar-refractivity contribution in [3.8, 4) is 0 Å². The highest BCUT2D eigenvalue weighted by Gasteiger charge is 2.27. The summed E-state index contributed by atoms with van der Waals surface area (Å²) < 4.78 is 26.4. The van der Waals surface area contributed by atoms with Crippen LogP contribution in [0, 0.1) is 5.92 Å². The Morgan fingerprint density at radius 1 is 1.45 bits per heavy atom. The lowest BCUT2D eigenvalue weighted by Crippen LogP contribution is -2.32. The van der Waals surface area contributed by atoms with E-state index in [1.165, 1.54) is 10.4 Å². The van der Waals surface area contributed by atoms with Gasteiger partial charge < -0.3 is 10.0 Å². The van der Waals surface area contributed by atoms with Crippen LogP contribution in [-0.2, 0) is 16.6 Å². The summed E-state index contributed by atoms with van der Waals surface area (Å²) in [6, 6.07) is 6.49. The third-order valence-corrected chi connectivity index (χ3v) is 5.61. The van der Waals surface area contributed by atoms with Crippen LogP contribution in [0.25, 0.3) is 0 Å². The normalized spacial score (nSPS) is 20.7. The van der Waals surface area contributed by atoms with Crippen molar-refractivity contribution in [3.63, 3.8) is 0 Å². The molecule has 1 saturated heterocycles. The molecule has 5 nitrogen and oxygen atoms in total. The molecule has 112 valence electrons. The maximum atomic E-state index is 12.5. The van der Waals surface area contributed by atoms with Gasteiger partial charge in [-0.25, -0.2) is 12.7 Å². The van der Waals surface area contributed by atoms with Crippen molar-refractivity contribution >= 4 is 10.0 Å². The maximum absolute atomic E-state index is 12.5. The van der Waals surface area contributed by atoms with E-state index in [1.807, 2.05) is 0 Å². The van der Waals surface area contributed by atoms with Crippen molar-refractivity contribution in [1.29, 1.82) is 0 Å². The highest BCUT2D eigenvalue weighted by molar-refractivity contribution is 7.89. The van der Waals surface area contributed by atoms with Gasteiger partial charge in [-0.05, 0) is 43.6 Å². The molecule has 20 heavy (non-hydrogen) atoms. The van der Waals surface area contributed by atoms with Gasteiger partial charge in [0.25, 0.3) is 0 Å². The Morgan fingerprint density at radius 2 is 2.20 bits per heavy atom. The third-order valence-electron chi connectivity index (χ3n) is 3.79. The van der Waals surface area contributed by atoms with E-state index in [9.17, 15) is 8.42 Å². The molecule has 1 aromatic rings. The van der Waals surface area contributed by atoms with Crippen molar-refractivity contribution in [2.45, 2.75) is 17.9 Å². The second-order valence-corrected chi connectivity index (χ2v) is 7.55. The van der Waals surface area contributed by atoms with Gasteiger partial charge in [0.2, 0.25) is 10.0 Å². The molecule has 1 aliphatic rings. The lowest BCUT2D eigenvalue weighted by atomic mass is 10.1. The molecule has 1 aliphatic heterocycles. The van der Waals surface area contributed by atoms with Crippen LogP contribution in [0.1, 0.15) is 12.0 Å². The summed E-state index contributed by atoms with van der Waals surface area (Å²) in [5.74, 6) is 0.390. The number of hydrogen-bond donors (Lipinski definition) is 1. The number of sulfonamides is 1. The summed E-state index contributed by atoms with van der Waals surface area (Å²) in [6.07, 6.45) is 1.03. The number of nitrogens with zero attached hydrogens (tertiary/aromatic N) is 2. The van der Waals surface area contributed by atoms with Gasteiger partial charge >= 0.3 is 0 Å².